The Balaban J connectivity index is 2.08. The molecule has 1 unspecified atom stereocenters. The summed E-state index contributed by atoms with van der Waals surface area (Å²) >= 11 is 0. The van der Waals surface area contributed by atoms with Gasteiger partial charge in [0.2, 0.25) is 11.8 Å². The number of benzene rings is 3. The van der Waals surface area contributed by atoms with Crippen molar-refractivity contribution < 1.29 is 22.7 Å². The Morgan fingerprint density at radius 2 is 1.57 bits per heavy atom. The van der Waals surface area contributed by atoms with Crippen LogP contribution in [0.3, 0.4) is 0 Å². The predicted octanol–water partition coefficient (Wildman–Crippen LogP) is 5.74. The van der Waals surface area contributed by atoms with Crippen LogP contribution in [0, 0.1) is 0 Å². The van der Waals surface area contributed by atoms with Crippen LogP contribution >= 0.6 is 0 Å². The number of carbonyl (C=O) groups excluding carboxylic acids is 2. The number of hydrogen-bond donors (Lipinski definition) is 1. The minimum absolute atomic E-state index is 0.0719. The average molecular weight is 594 g/mol. The maximum absolute atomic E-state index is 14.2. The maximum atomic E-state index is 14.2. The van der Waals surface area contributed by atoms with E-state index in [0.29, 0.717) is 17.9 Å². The van der Waals surface area contributed by atoms with Crippen molar-refractivity contribution in [2.75, 3.05) is 18.0 Å². The summed E-state index contributed by atoms with van der Waals surface area (Å²) in [4.78, 5) is 29.2. The highest BCUT2D eigenvalue weighted by atomic mass is 32.2. The summed E-state index contributed by atoms with van der Waals surface area (Å²) < 4.78 is 34.4. The van der Waals surface area contributed by atoms with E-state index in [0.717, 1.165) is 15.4 Å². The van der Waals surface area contributed by atoms with Crippen molar-refractivity contribution in [2.45, 2.75) is 76.9 Å². The fraction of sp³-hybridized carbons (Fsp3) is 0.394. The summed E-state index contributed by atoms with van der Waals surface area (Å²) in [7, 11) is -2.56. The van der Waals surface area contributed by atoms with Crippen LogP contribution in [-0.2, 0) is 26.2 Å². The largest absolute Gasteiger partial charge is 0.497 e. The van der Waals surface area contributed by atoms with Crippen molar-refractivity contribution in [1.82, 2.24) is 10.2 Å². The van der Waals surface area contributed by atoms with E-state index in [1.165, 1.54) is 17.0 Å². The van der Waals surface area contributed by atoms with Gasteiger partial charge in [0.05, 0.1) is 17.7 Å². The van der Waals surface area contributed by atoms with Crippen LogP contribution in [0.2, 0.25) is 0 Å². The number of nitrogens with one attached hydrogen (secondary N) is 1. The SMILES string of the molecule is CCC(C(=O)NC(C)(C)C)N(Cc1cccc(OC)c1)C(=O)CN(c1ccc(C(C)C)cc1)S(=O)(=O)c1ccccc1. The van der Waals surface area contributed by atoms with E-state index < -0.39 is 34.1 Å². The molecule has 226 valence electrons. The van der Waals surface area contributed by atoms with E-state index in [2.05, 4.69) is 19.2 Å². The number of sulfonamides is 1. The van der Waals surface area contributed by atoms with Crippen LogP contribution in [0.5, 0.6) is 5.75 Å². The van der Waals surface area contributed by atoms with Gasteiger partial charge in [0.1, 0.15) is 18.3 Å². The summed E-state index contributed by atoms with van der Waals surface area (Å²) in [6.45, 7) is 11.2. The quantitative estimate of drug-likeness (QED) is 0.289. The van der Waals surface area contributed by atoms with Gasteiger partial charge in [0, 0.05) is 12.1 Å². The molecule has 0 aliphatic carbocycles. The fourth-order valence-electron chi connectivity index (χ4n) is 4.61. The van der Waals surface area contributed by atoms with E-state index in [1.54, 1.807) is 49.6 Å². The summed E-state index contributed by atoms with van der Waals surface area (Å²) in [5.41, 5.74) is 1.65. The molecule has 2 amide bonds. The number of ether oxygens (including phenoxy) is 1. The van der Waals surface area contributed by atoms with E-state index in [-0.39, 0.29) is 23.3 Å². The Morgan fingerprint density at radius 1 is 0.929 bits per heavy atom. The monoisotopic (exact) mass is 593 g/mol. The molecule has 3 aromatic rings. The zero-order valence-corrected chi connectivity index (χ0v) is 26.4. The molecule has 9 heteroatoms. The molecule has 0 bridgehead atoms. The van der Waals surface area contributed by atoms with Crippen LogP contribution in [-0.4, -0.2) is 50.4 Å². The zero-order valence-electron chi connectivity index (χ0n) is 25.6. The molecular weight excluding hydrogens is 550 g/mol. The topological polar surface area (TPSA) is 96.0 Å². The molecule has 0 radical (unpaired) electrons. The van der Waals surface area contributed by atoms with Gasteiger partial charge in [-0.05, 0) is 80.6 Å². The molecule has 1 N–H and O–H groups in total. The van der Waals surface area contributed by atoms with Crippen molar-refractivity contribution in [2.24, 2.45) is 0 Å². The molecular formula is C33H43N3O5S. The number of methoxy groups -OCH3 is 1. The number of rotatable bonds is 12. The molecule has 3 rings (SSSR count). The second kappa shape index (κ2) is 13.9. The normalized spacial score (nSPS) is 12.5. The van der Waals surface area contributed by atoms with Crippen molar-refractivity contribution >= 4 is 27.5 Å². The predicted molar refractivity (Wildman–Crippen MR) is 167 cm³/mol. The molecule has 0 aliphatic rings. The van der Waals surface area contributed by atoms with E-state index in [4.69, 9.17) is 4.74 Å². The minimum Gasteiger partial charge on any atom is -0.497 e. The maximum Gasteiger partial charge on any atom is 0.264 e. The van der Waals surface area contributed by atoms with Gasteiger partial charge < -0.3 is 15.0 Å². The van der Waals surface area contributed by atoms with Gasteiger partial charge in [0.15, 0.2) is 0 Å². The molecule has 0 aromatic heterocycles. The fourth-order valence-corrected chi connectivity index (χ4v) is 6.05. The Hall–Kier alpha value is -3.85. The number of amides is 2. The van der Waals surface area contributed by atoms with Crippen LogP contribution in [0.1, 0.15) is 65.0 Å². The van der Waals surface area contributed by atoms with Gasteiger partial charge in [-0.1, -0.05) is 63.2 Å². The lowest BCUT2D eigenvalue weighted by molar-refractivity contribution is -0.141. The first-order valence-electron chi connectivity index (χ1n) is 14.2. The Kier molecular flexibility index (Phi) is 10.8. The lowest BCUT2D eigenvalue weighted by Crippen LogP contribution is -2.55. The highest BCUT2D eigenvalue weighted by Gasteiger charge is 2.34. The second-order valence-corrected chi connectivity index (χ2v) is 13.5. The molecule has 3 aromatic carbocycles. The van der Waals surface area contributed by atoms with Crippen molar-refractivity contribution in [3.8, 4) is 5.75 Å². The van der Waals surface area contributed by atoms with Gasteiger partial charge in [-0.25, -0.2) is 8.42 Å². The lowest BCUT2D eigenvalue weighted by Gasteiger charge is -2.35. The number of carbonyl (C=O) groups is 2. The van der Waals surface area contributed by atoms with E-state index in [9.17, 15) is 18.0 Å². The van der Waals surface area contributed by atoms with Gasteiger partial charge in [-0.15, -0.1) is 0 Å². The lowest BCUT2D eigenvalue weighted by atomic mass is 10.0. The van der Waals surface area contributed by atoms with Gasteiger partial charge >= 0.3 is 0 Å². The standard InChI is InChI=1S/C33H43N3O5S/c1-8-30(32(38)34-33(4,5)6)35(22-25-13-12-14-28(21-25)41-7)31(37)23-36(27-19-17-26(18-20-27)24(2)3)42(39,40)29-15-10-9-11-16-29/h9-21,24,30H,8,22-23H2,1-7H3,(H,34,38). The first kappa shape index (κ1) is 32.7. The van der Waals surface area contributed by atoms with Crippen LogP contribution < -0.4 is 14.4 Å². The molecule has 0 heterocycles. The van der Waals surface area contributed by atoms with Crippen molar-refractivity contribution in [3.63, 3.8) is 0 Å². The summed E-state index contributed by atoms with van der Waals surface area (Å²) in [6, 6.07) is 21.7. The molecule has 1 atom stereocenters. The number of nitrogens with zero attached hydrogens (tertiary/aromatic N) is 2. The molecule has 8 nitrogen and oxygen atoms in total. The molecule has 0 spiro atoms. The third-order valence-electron chi connectivity index (χ3n) is 6.83. The van der Waals surface area contributed by atoms with E-state index in [1.807, 2.05) is 52.0 Å². The summed E-state index contributed by atoms with van der Waals surface area (Å²) in [6.07, 6.45) is 0.339. The molecule has 0 fully saturated rings. The van der Waals surface area contributed by atoms with Gasteiger partial charge in [-0.2, -0.15) is 0 Å². The summed E-state index contributed by atoms with van der Waals surface area (Å²) in [5.74, 6) is 0.0663. The molecule has 0 saturated heterocycles. The van der Waals surface area contributed by atoms with Crippen molar-refractivity contribution in [1.29, 1.82) is 0 Å². The first-order chi connectivity index (χ1) is 19.8. The molecule has 42 heavy (non-hydrogen) atoms. The summed E-state index contributed by atoms with van der Waals surface area (Å²) in [5, 5.41) is 2.98. The minimum atomic E-state index is -4.12. The molecule has 0 saturated carbocycles. The Bertz CT molecular complexity index is 1450. The van der Waals surface area contributed by atoms with Crippen molar-refractivity contribution in [3.05, 3.63) is 90.0 Å². The van der Waals surface area contributed by atoms with E-state index >= 15 is 0 Å². The highest BCUT2D eigenvalue weighted by Crippen LogP contribution is 2.27. The highest BCUT2D eigenvalue weighted by molar-refractivity contribution is 7.92. The average Bonchev–Trinajstić information content (AvgIpc) is 2.95. The molecule has 0 aliphatic heterocycles. The van der Waals surface area contributed by atoms with Crippen LogP contribution in [0.25, 0.3) is 0 Å². The third kappa shape index (κ3) is 8.35. The Morgan fingerprint density at radius 3 is 2.12 bits per heavy atom. The second-order valence-electron chi connectivity index (χ2n) is 11.6. The smallest absolute Gasteiger partial charge is 0.264 e. The zero-order chi connectivity index (χ0) is 31.1. The van der Waals surface area contributed by atoms with Gasteiger partial charge in [-0.3, -0.25) is 13.9 Å². The Labute approximate surface area is 250 Å². The van der Waals surface area contributed by atoms with Crippen LogP contribution in [0.4, 0.5) is 5.69 Å². The first-order valence-corrected chi connectivity index (χ1v) is 15.6. The van der Waals surface area contributed by atoms with Crippen LogP contribution in [0.15, 0.2) is 83.8 Å². The number of anilines is 1. The third-order valence-corrected chi connectivity index (χ3v) is 8.62. The number of hydrogen-bond acceptors (Lipinski definition) is 5. The van der Waals surface area contributed by atoms with Gasteiger partial charge in [0.25, 0.3) is 10.0 Å².